The highest BCUT2D eigenvalue weighted by atomic mass is 16.5. The molecule has 0 aromatic heterocycles. The zero-order valence-electron chi connectivity index (χ0n) is 22.7. The van der Waals surface area contributed by atoms with Gasteiger partial charge in [0.05, 0.1) is 12.6 Å². The Morgan fingerprint density at radius 3 is 2.11 bits per heavy atom. The summed E-state index contributed by atoms with van der Waals surface area (Å²) in [6.45, 7) is 7.32. The minimum absolute atomic E-state index is 0.0651. The van der Waals surface area contributed by atoms with E-state index < -0.39 is 52.9 Å². The van der Waals surface area contributed by atoms with Gasteiger partial charge in [0.15, 0.2) is 0 Å². The highest BCUT2D eigenvalue weighted by Crippen LogP contribution is 2.34. The molecule has 0 radical (unpaired) electrons. The van der Waals surface area contributed by atoms with Gasteiger partial charge in [-0.1, -0.05) is 32.0 Å². The lowest BCUT2D eigenvalue weighted by atomic mass is 9.79. The number of carboxylic acid groups (broad SMARTS) is 2. The molecule has 1 aromatic carbocycles. The van der Waals surface area contributed by atoms with Gasteiger partial charge >= 0.3 is 11.9 Å². The van der Waals surface area contributed by atoms with Gasteiger partial charge in [-0.05, 0) is 63.5 Å². The topological polar surface area (TPSA) is 188 Å². The largest absolute Gasteiger partial charge is 0.488 e. The normalized spacial score (nSPS) is 14.2. The second-order valence-electron chi connectivity index (χ2n) is 11.0. The summed E-state index contributed by atoms with van der Waals surface area (Å²) in [6, 6.07) is 6.47. The van der Waals surface area contributed by atoms with E-state index in [-0.39, 0.29) is 32.3 Å². The summed E-state index contributed by atoms with van der Waals surface area (Å²) in [5.41, 5.74) is 4.38. The van der Waals surface area contributed by atoms with E-state index in [1.807, 2.05) is 58.0 Å². The number of para-hydroxylation sites is 1. The molecule has 1 aromatic rings. The fourth-order valence-corrected chi connectivity index (χ4v) is 4.49. The number of hydrogen-bond acceptors (Lipinski definition) is 7. The molecule has 0 aliphatic carbocycles. The maximum atomic E-state index is 12.7. The van der Waals surface area contributed by atoms with Gasteiger partial charge < -0.3 is 36.4 Å². The lowest BCUT2D eigenvalue weighted by molar-refractivity contribution is -0.142. The minimum atomic E-state index is -1.25. The first-order chi connectivity index (χ1) is 17.6. The van der Waals surface area contributed by atoms with Crippen LogP contribution in [-0.4, -0.2) is 69.4 Å². The second kappa shape index (κ2) is 15.3. The summed E-state index contributed by atoms with van der Waals surface area (Å²) in [6.07, 6.45) is 1.19. The Morgan fingerprint density at radius 2 is 1.55 bits per heavy atom. The van der Waals surface area contributed by atoms with Gasteiger partial charge in [0.1, 0.15) is 23.4 Å². The number of nitrogens with two attached hydrogens (primary N) is 1. The molecule has 0 saturated carbocycles. The van der Waals surface area contributed by atoms with Gasteiger partial charge in [-0.25, -0.2) is 4.79 Å². The summed E-state index contributed by atoms with van der Waals surface area (Å²) in [5, 5.41) is 33.0. The Labute approximate surface area is 224 Å². The van der Waals surface area contributed by atoms with Crippen LogP contribution in [0.1, 0.15) is 72.6 Å². The van der Waals surface area contributed by atoms with Crippen molar-refractivity contribution >= 4 is 23.8 Å². The van der Waals surface area contributed by atoms with Crippen LogP contribution in [0.25, 0.3) is 0 Å². The summed E-state index contributed by atoms with van der Waals surface area (Å²) in [5.74, 6) is -2.58. The van der Waals surface area contributed by atoms with E-state index in [4.69, 9.17) is 15.6 Å². The predicted octanol–water partition coefficient (Wildman–Crippen LogP) is 2.06. The van der Waals surface area contributed by atoms with Crippen LogP contribution < -0.4 is 21.1 Å². The summed E-state index contributed by atoms with van der Waals surface area (Å²) in [7, 11) is 0. The Hall–Kier alpha value is -3.18. The quantitative estimate of drug-likeness (QED) is 0.163. The number of carbonyl (C=O) groups excluding carboxylic acids is 2. The molecule has 7 N–H and O–H groups in total. The maximum absolute atomic E-state index is 12.7. The third-order valence-corrected chi connectivity index (χ3v) is 5.94. The van der Waals surface area contributed by atoms with Crippen LogP contribution in [0.5, 0.6) is 5.75 Å². The molecule has 0 aliphatic rings. The lowest BCUT2D eigenvalue weighted by Gasteiger charge is -2.35. The van der Waals surface area contributed by atoms with Crippen molar-refractivity contribution in [2.45, 2.75) is 96.4 Å². The first-order valence-electron chi connectivity index (χ1n) is 12.8. The average Bonchev–Trinajstić information content (AvgIpc) is 2.79. The first kappa shape index (κ1) is 32.8. The van der Waals surface area contributed by atoms with E-state index in [0.717, 1.165) is 0 Å². The number of carboxylic acids is 2. The molecule has 0 spiro atoms. The molecule has 0 aliphatic heterocycles. The van der Waals surface area contributed by atoms with Crippen molar-refractivity contribution in [3.05, 3.63) is 30.3 Å². The van der Waals surface area contributed by atoms with Crippen LogP contribution in [0.15, 0.2) is 30.3 Å². The van der Waals surface area contributed by atoms with Crippen LogP contribution in [0.2, 0.25) is 0 Å². The molecule has 11 heteroatoms. The number of nitrogens with one attached hydrogen (secondary N) is 2. The van der Waals surface area contributed by atoms with Gasteiger partial charge in [0.2, 0.25) is 11.8 Å². The average molecular weight is 538 g/mol. The smallest absolute Gasteiger partial charge is 0.326 e. The van der Waals surface area contributed by atoms with Gasteiger partial charge in [0, 0.05) is 12.8 Å². The van der Waals surface area contributed by atoms with E-state index in [9.17, 15) is 29.4 Å². The highest BCUT2D eigenvalue weighted by Gasteiger charge is 2.33. The molecule has 1 rings (SSSR count). The molecule has 3 atom stereocenters. The third kappa shape index (κ3) is 13.4. The van der Waals surface area contributed by atoms with E-state index in [0.29, 0.717) is 25.0 Å². The third-order valence-electron chi connectivity index (χ3n) is 5.94. The molecule has 0 heterocycles. The highest BCUT2D eigenvalue weighted by molar-refractivity contribution is 5.84. The molecule has 0 fully saturated rings. The molecule has 214 valence electrons. The minimum Gasteiger partial charge on any atom is -0.488 e. The van der Waals surface area contributed by atoms with Gasteiger partial charge in [-0.3, -0.25) is 14.4 Å². The second-order valence-corrected chi connectivity index (χ2v) is 11.0. The van der Waals surface area contributed by atoms with Crippen molar-refractivity contribution in [1.82, 2.24) is 10.6 Å². The Morgan fingerprint density at radius 1 is 0.921 bits per heavy atom. The number of aliphatic hydroxyl groups excluding tert-OH is 1. The molecule has 0 bridgehead atoms. The number of ether oxygens (including phenoxy) is 1. The van der Waals surface area contributed by atoms with Crippen LogP contribution in [0.3, 0.4) is 0 Å². The van der Waals surface area contributed by atoms with Crippen molar-refractivity contribution in [3.63, 3.8) is 0 Å². The van der Waals surface area contributed by atoms with E-state index in [1.54, 1.807) is 0 Å². The molecule has 11 nitrogen and oxygen atoms in total. The van der Waals surface area contributed by atoms with Crippen molar-refractivity contribution in [2.75, 3.05) is 6.61 Å². The van der Waals surface area contributed by atoms with E-state index >= 15 is 0 Å². The van der Waals surface area contributed by atoms with Crippen molar-refractivity contribution in [1.29, 1.82) is 0 Å². The number of aliphatic hydroxyl groups is 1. The van der Waals surface area contributed by atoms with Crippen molar-refractivity contribution in [2.24, 2.45) is 11.1 Å². The zero-order chi connectivity index (χ0) is 28.9. The fraction of sp³-hybridized carbons (Fsp3) is 0.630. The Balaban J connectivity index is 2.56. The first-order valence-corrected chi connectivity index (χ1v) is 12.8. The van der Waals surface area contributed by atoms with Gasteiger partial charge in [-0.2, -0.15) is 0 Å². The monoisotopic (exact) mass is 537 g/mol. The summed E-state index contributed by atoms with van der Waals surface area (Å²) in [4.78, 5) is 47.5. The number of aliphatic carboxylic acids is 2. The van der Waals surface area contributed by atoms with Gasteiger partial charge in [0.25, 0.3) is 0 Å². The van der Waals surface area contributed by atoms with Crippen LogP contribution in [0.4, 0.5) is 0 Å². The van der Waals surface area contributed by atoms with Crippen LogP contribution in [-0.2, 0) is 19.2 Å². The Bertz CT molecular complexity index is 920. The van der Waals surface area contributed by atoms with Crippen molar-refractivity contribution in [3.8, 4) is 5.75 Å². The van der Waals surface area contributed by atoms with E-state index in [1.165, 1.54) is 0 Å². The zero-order valence-corrected chi connectivity index (χ0v) is 22.7. The standard InChI is InChI=1S/C27H43N3O8/c1-26(2,17-27(3,4)38-19-10-6-5-7-11-19)15-23(33)30-21(25(36)37)13-14-22(32)29-18(16-31)9-8-12-20(28)24(34)35/h5-7,10-11,18,20-21,31H,8-9,12-17,28H2,1-4H3,(H,29,32)(H,30,33)(H,34,35)(H,36,37). The molecule has 0 saturated heterocycles. The SMILES string of the molecule is CC(C)(CC(=O)NC(CCC(=O)NC(CO)CCCC(N)C(=O)O)C(=O)O)CC(C)(C)Oc1ccccc1. The maximum Gasteiger partial charge on any atom is 0.326 e. The Kier molecular flexibility index (Phi) is 13.2. The van der Waals surface area contributed by atoms with Crippen LogP contribution in [0, 0.1) is 5.41 Å². The molecule has 38 heavy (non-hydrogen) atoms. The van der Waals surface area contributed by atoms with Crippen LogP contribution >= 0.6 is 0 Å². The summed E-state index contributed by atoms with van der Waals surface area (Å²) >= 11 is 0. The fourth-order valence-electron chi connectivity index (χ4n) is 4.49. The molecular formula is C27H43N3O8. The van der Waals surface area contributed by atoms with E-state index in [2.05, 4.69) is 10.6 Å². The number of benzene rings is 1. The van der Waals surface area contributed by atoms with Gasteiger partial charge in [-0.15, -0.1) is 0 Å². The lowest BCUT2D eigenvalue weighted by Crippen LogP contribution is -2.44. The number of carbonyl (C=O) groups is 4. The summed E-state index contributed by atoms with van der Waals surface area (Å²) < 4.78 is 6.07. The number of rotatable bonds is 18. The number of hydrogen-bond donors (Lipinski definition) is 6. The molecule has 3 unspecified atom stereocenters. The molecular weight excluding hydrogens is 494 g/mol. The molecule has 2 amide bonds. The van der Waals surface area contributed by atoms with Crippen molar-refractivity contribution < 1.29 is 39.2 Å². The predicted molar refractivity (Wildman–Crippen MR) is 141 cm³/mol. The number of amides is 2.